The van der Waals surface area contributed by atoms with Gasteiger partial charge in [0.15, 0.2) is 0 Å². The Labute approximate surface area is 123 Å². The van der Waals surface area contributed by atoms with Crippen LogP contribution in [0.1, 0.15) is 12.5 Å². The lowest BCUT2D eigenvalue weighted by Crippen LogP contribution is -2.33. The molecule has 1 aliphatic rings. The maximum atomic E-state index is 13.9. The number of nitrogens with zero attached hydrogens (tertiary/aromatic N) is 1. The molecule has 2 aromatic rings. The van der Waals surface area contributed by atoms with Crippen molar-refractivity contribution in [3.63, 3.8) is 0 Å². The monoisotopic (exact) mass is 308 g/mol. The van der Waals surface area contributed by atoms with Gasteiger partial charge < -0.3 is 5.11 Å². The topological polar surface area (TPSA) is 75.1 Å². The number of hydrogen-bond acceptors (Lipinski definition) is 4. The minimum Gasteiger partial charge on any atom is -0.494 e. The fraction of sp³-hybridized carbons (Fsp3) is 0.286. The molecule has 2 heterocycles. The summed E-state index contributed by atoms with van der Waals surface area (Å²) in [5.41, 5.74) is -1.67. The summed E-state index contributed by atoms with van der Waals surface area (Å²) in [6, 6.07) is 5.48. The summed E-state index contributed by atoms with van der Waals surface area (Å²) in [4.78, 5) is 26.1. The zero-order chi connectivity index (χ0) is 15.0. The van der Waals surface area contributed by atoms with E-state index in [0.717, 1.165) is 16.7 Å². The standard InChI is InChI=1S/C14H13FN2O3S/c15-10-4-2-1-3-9(10)11-12(18)16-14(20)17(13(11)19)8-5-6-21-7-8/h1-4,8,19H,5-7H2,(H,16,18,20). The average molecular weight is 308 g/mol. The smallest absolute Gasteiger partial charge is 0.331 e. The van der Waals surface area contributed by atoms with Crippen molar-refractivity contribution in [2.45, 2.75) is 12.5 Å². The SMILES string of the molecule is O=c1[nH]c(=O)n(C2CCSC2)c(O)c1-c1ccccc1F. The molecule has 1 aromatic carbocycles. The first-order valence-corrected chi connectivity index (χ1v) is 7.65. The van der Waals surface area contributed by atoms with Crippen molar-refractivity contribution in [3.05, 3.63) is 50.9 Å². The van der Waals surface area contributed by atoms with Crippen LogP contribution in [-0.2, 0) is 0 Å². The second-order valence-electron chi connectivity index (χ2n) is 4.83. The van der Waals surface area contributed by atoms with E-state index in [1.807, 2.05) is 0 Å². The summed E-state index contributed by atoms with van der Waals surface area (Å²) in [5.74, 6) is 0.464. The van der Waals surface area contributed by atoms with Crippen LogP contribution < -0.4 is 11.2 Å². The number of halogens is 1. The van der Waals surface area contributed by atoms with E-state index in [2.05, 4.69) is 4.98 Å². The number of aromatic nitrogens is 2. The van der Waals surface area contributed by atoms with Crippen LogP contribution in [0.25, 0.3) is 11.1 Å². The predicted octanol–water partition coefficient (Wildman–Crippen LogP) is 1.73. The molecule has 1 fully saturated rings. The Hall–Kier alpha value is -2.02. The Balaban J connectivity index is 2.27. The summed E-state index contributed by atoms with van der Waals surface area (Å²) in [5, 5.41) is 10.4. The summed E-state index contributed by atoms with van der Waals surface area (Å²) in [6.45, 7) is 0. The Morgan fingerprint density at radius 1 is 1.33 bits per heavy atom. The van der Waals surface area contributed by atoms with Gasteiger partial charge in [-0.15, -0.1) is 0 Å². The molecule has 0 spiro atoms. The molecule has 3 rings (SSSR count). The molecule has 0 radical (unpaired) electrons. The molecule has 1 atom stereocenters. The molecule has 2 N–H and O–H groups in total. The minimum atomic E-state index is -0.787. The first-order valence-electron chi connectivity index (χ1n) is 6.50. The van der Waals surface area contributed by atoms with Crippen LogP contribution in [-0.4, -0.2) is 26.2 Å². The molecule has 1 aromatic heterocycles. The normalized spacial score (nSPS) is 18.0. The largest absolute Gasteiger partial charge is 0.494 e. The Morgan fingerprint density at radius 2 is 2.10 bits per heavy atom. The van der Waals surface area contributed by atoms with Crippen molar-refractivity contribution >= 4 is 11.8 Å². The molecule has 0 amide bonds. The number of hydrogen-bond donors (Lipinski definition) is 2. The van der Waals surface area contributed by atoms with E-state index >= 15 is 0 Å². The maximum absolute atomic E-state index is 13.9. The summed E-state index contributed by atoms with van der Waals surface area (Å²) >= 11 is 1.67. The Bertz CT molecular complexity index is 794. The third kappa shape index (κ3) is 2.37. The molecule has 0 bridgehead atoms. The van der Waals surface area contributed by atoms with Crippen molar-refractivity contribution < 1.29 is 9.50 Å². The molecule has 5 nitrogen and oxygen atoms in total. The van der Waals surface area contributed by atoms with Gasteiger partial charge in [-0.3, -0.25) is 14.3 Å². The van der Waals surface area contributed by atoms with Gasteiger partial charge in [0.25, 0.3) is 5.56 Å². The van der Waals surface area contributed by atoms with Crippen molar-refractivity contribution in [2.75, 3.05) is 11.5 Å². The lowest BCUT2D eigenvalue weighted by Gasteiger charge is -2.16. The van der Waals surface area contributed by atoms with Gasteiger partial charge in [-0.2, -0.15) is 11.8 Å². The lowest BCUT2D eigenvalue weighted by molar-refractivity contribution is 0.376. The zero-order valence-corrected chi connectivity index (χ0v) is 11.8. The first kappa shape index (κ1) is 13.9. The molecular formula is C14H13FN2O3S. The van der Waals surface area contributed by atoms with Gasteiger partial charge in [0.1, 0.15) is 11.4 Å². The van der Waals surface area contributed by atoms with Gasteiger partial charge in [0, 0.05) is 11.3 Å². The van der Waals surface area contributed by atoms with Gasteiger partial charge in [0.2, 0.25) is 5.88 Å². The molecule has 1 saturated heterocycles. The third-order valence-corrected chi connectivity index (χ3v) is 4.68. The highest BCUT2D eigenvalue weighted by Crippen LogP contribution is 2.33. The number of nitrogens with one attached hydrogen (secondary N) is 1. The number of H-pyrrole nitrogens is 1. The molecule has 110 valence electrons. The molecule has 0 saturated carbocycles. The quantitative estimate of drug-likeness (QED) is 0.886. The highest BCUT2D eigenvalue weighted by molar-refractivity contribution is 7.99. The van der Waals surface area contributed by atoms with Gasteiger partial charge in [-0.05, 0) is 18.2 Å². The fourth-order valence-corrected chi connectivity index (χ4v) is 3.70. The molecule has 0 aliphatic carbocycles. The van der Waals surface area contributed by atoms with Crippen molar-refractivity contribution in [1.82, 2.24) is 9.55 Å². The van der Waals surface area contributed by atoms with Crippen LogP contribution in [0.5, 0.6) is 5.88 Å². The zero-order valence-electron chi connectivity index (χ0n) is 11.0. The van der Waals surface area contributed by atoms with Crippen molar-refractivity contribution in [3.8, 4) is 17.0 Å². The fourth-order valence-electron chi connectivity index (χ4n) is 2.51. The number of rotatable bonds is 2. The van der Waals surface area contributed by atoms with Gasteiger partial charge in [-0.1, -0.05) is 18.2 Å². The number of aromatic amines is 1. The van der Waals surface area contributed by atoms with E-state index in [0.29, 0.717) is 5.75 Å². The third-order valence-electron chi connectivity index (χ3n) is 3.53. The molecule has 1 aliphatic heterocycles. The molecular weight excluding hydrogens is 295 g/mol. The van der Waals surface area contributed by atoms with Crippen LogP contribution in [0, 0.1) is 5.82 Å². The number of benzene rings is 1. The molecule has 7 heteroatoms. The predicted molar refractivity (Wildman–Crippen MR) is 79.4 cm³/mol. The highest BCUT2D eigenvalue weighted by atomic mass is 32.2. The van der Waals surface area contributed by atoms with E-state index in [1.165, 1.54) is 18.2 Å². The van der Waals surface area contributed by atoms with E-state index in [1.54, 1.807) is 17.8 Å². The van der Waals surface area contributed by atoms with E-state index in [-0.39, 0.29) is 17.2 Å². The number of thioether (sulfide) groups is 1. The van der Waals surface area contributed by atoms with Gasteiger partial charge in [0.05, 0.1) is 6.04 Å². The van der Waals surface area contributed by atoms with Crippen molar-refractivity contribution in [1.29, 1.82) is 0 Å². The van der Waals surface area contributed by atoms with E-state index < -0.39 is 22.9 Å². The van der Waals surface area contributed by atoms with Gasteiger partial charge >= 0.3 is 5.69 Å². The van der Waals surface area contributed by atoms with Crippen LogP contribution in [0.2, 0.25) is 0 Å². The van der Waals surface area contributed by atoms with Crippen molar-refractivity contribution in [2.24, 2.45) is 0 Å². The van der Waals surface area contributed by atoms with Gasteiger partial charge in [-0.25, -0.2) is 9.18 Å². The summed E-state index contributed by atoms with van der Waals surface area (Å²) in [7, 11) is 0. The van der Waals surface area contributed by atoms with Crippen LogP contribution in [0.3, 0.4) is 0 Å². The Morgan fingerprint density at radius 3 is 2.76 bits per heavy atom. The first-order chi connectivity index (χ1) is 10.1. The number of aromatic hydroxyl groups is 1. The molecule has 1 unspecified atom stereocenters. The Kier molecular flexibility index (Phi) is 3.59. The van der Waals surface area contributed by atoms with Crippen LogP contribution in [0.15, 0.2) is 33.9 Å². The maximum Gasteiger partial charge on any atom is 0.331 e. The average Bonchev–Trinajstić information content (AvgIpc) is 2.94. The summed E-state index contributed by atoms with van der Waals surface area (Å²) in [6.07, 6.45) is 0.723. The lowest BCUT2D eigenvalue weighted by atomic mass is 10.1. The second kappa shape index (κ2) is 5.40. The highest BCUT2D eigenvalue weighted by Gasteiger charge is 2.25. The van der Waals surface area contributed by atoms with Crippen LogP contribution >= 0.6 is 11.8 Å². The molecule has 21 heavy (non-hydrogen) atoms. The second-order valence-corrected chi connectivity index (χ2v) is 5.97. The summed E-state index contributed by atoms with van der Waals surface area (Å²) < 4.78 is 15.0. The van der Waals surface area contributed by atoms with E-state index in [4.69, 9.17) is 0 Å². The minimum absolute atomic E-state index is 0.0179. The van der Waals surface area contributed by atoms with Crippen LogP contribution in [0.4, 0.5) is 4.39 Å². The van der Waals surface area contributed by atoms with E-state index in [9.17, 15) is 19.1 Å².